The highest BCUT2D eigenvalue weighted by atomic mass is 32.2. The fourth-order valence-corrected chi connectivity index (χ4v) is 4.22. The van der Waals surface area contributed by atoms with Gasteiger partial charge in [-0.15, -0.1) is 0 Å². The van der Waals surface area contributed by atoms with Gasteiger partial charge in [-0.05, 0) is 31.0 Å². The standard InChI is InChI=1S/C15H18F2N4O3S/c1-25(23,24)21-6-2-3-10(21)8-18-15(22)9-4-5-11-12(7-9)20-14(19-11)13(16)17/h4-5,7,10,13H,2-3,6,8H2,1H3,(H,18,22)(H,19,20)/t10-/m1/s1. The Morgan fingerprint density at radius 2 is 2.24 bits per heavy atom. The van der Waals surface area contributed by atoms with Crippen molar-refractivity contribution < 1.29 is 22.0 Å². The first-order chi connectivity index (χ1) is 11.8. The number of aromatic amines is 1. The Bertz CT molecular complexity index is 897. The number of alkyl halides is 2. The number of aromatic nitrogens is 2. The second kappa shape index (κ2) is 6.68. The minimum atomic E-state index is -3.30. The maximum Gasteiger partial charge on any atom is 0.295 e. The number of nitrogens with zero attached hydrogens (tertiary/aromatic N) is 2. The Morgan fingerprint density at radius 3 is 2.92 bits per heavy atom. The van der Waals surface area contributed by atoms with E-state index < -0.39 is 28.2 Å². The molecule has 0 radical (unpaired) electrons. The second-order valence-corrected chi connectivity index (χ2v) is 7.97. The van der Waals surface area contributed by atoms with E-state index in [4.69, 9.17) is 0 Å². The molecule has 7 nitrogen and oxygen atoms in total. The van der Waals surface area contributed by atoms with Gasteiger partial charge in [0.2, 0.25) is 10.0 Å². The van der Waals surface area contributed by atoms with Gasteiger partial charge in [0.05, 0.1) is 17.3 Å². The minimum absolute atomic E-state index is 0.204. The molecule has 0 aliphatic carbocycles. The Morgan fingerprint density at radius 1 is 1.48 bits per heavy atom. The molecule has 136 valence electrons. The number of benzene rings is 1. The van der Waals surface area contributed by atoms with Crippen molar-refractivity contribution in [3.8, 4) is 0 Å². The summed E-state index contributed by atoms with van der Waals surface area (Å²) >= 11 is 0. The van der Waals surface area contributed by atoms with Crippen LogP contribution in [0, 0.1) is 0 Å². The second-order valence-electron chi connectivity index (χ2n) is 6.03. The summed E-state index contributed by atoms with van der Waals surface area (Å²) in [4.78, 5) is 18.5. The fourth-order valence-electron chi connectivity index (χ4n) is 3.04. The number of halogens is 2. The molecule has 0 unspecified atom stereocenters. The number of rotatable bonds is 5. The normalized spacial score (nSPS) is 19.0. The van der Waals surface area contributed by atoms with Crippen LogP contribution in [0.2, 0.25) is 0 Å². The number of carbonyl (C=O) groups is 1. The van der Waals surface area contributed by atoms with Gasteiger partial charge in [-0.3, -0.25) is 4.79 Å². The highest BCUT2D eigenvalue weighted by Crippen LogP contribution is 2.21. The van der Waals surface area contributed by atoms with E-state index in [0.717, 1.165) is 12.7 Å². The number of hydrogen-bond donors (Lipinski definition) is 2. The third-order valence-electron chi connectivity index (χ3n) is 4.22. The smallest absolute Gasteiger partial charge is 0.295 e. The Labute approximate surface area is 143 Å². The summed E-state index contributed by atoms with van der Waals surface area (Å²) in [5.74, 6) is -0.835. The Kier molecular flexibility index (Phi) is 4.74. The van der Waals surface area contributed by atoms with Gasteiger partial charge in [-0.2, -0.15) is 4.31 Å². The van der Waals surface area contributed by atoms with E-state index in [1.54, 1.807) is 0 Å². The maximum absolute atomic E-state index is 12.7. The summed E-state index contributed by atoms with van der Waals surface area (Å²) < 4.78 is 50.1. The fraction of sp³-hybridized carbons (Fsp3) is 0.467. The number of amides is 1. The molecule has 1 fully saturated rings. The van der Waals surface area contributed by atoms with E-state index in [2.05, 4.69) is 15.3 Å². The highest BCUT2D eigenvalue weighted by Gasteiger charge is 2.31. The zero-order valence-electron chi connectivity index (χ0n) is 13.5. The molecule has 1 saturated heterocycles. The van der Waals surface area contributed by atoms with Crippen molar-refractivity contribution >= 4 is 27.0 Å². The number of nitrogens with one attached hydrogen (secondary N) is 2. The molecule has 2 aromatic rings. The molecule has 1 amide bonds. The zero-order valence-corrected chi connectivity index (χ0v) is 14.3. The predicted molar refractivity (Wildman–Crippen MR) is 88.0 cm³/mol. The predicted octanol–water partition coefficient (Wildman–Crippen LogP) is 1.65. The van der Waals surface area contributed by atoms with Crippen LogP contribution in [0.5, 0.6) is 0 Å². The molecule has 2 heterocycles. The first kappa shape index (κ1) is 17.7. The van der Waals surface area contributed by atoms with Crippen LogP contribution in [0.25, 0.3) is 11.0 Å². The number of imidazole rings is 1. The van der Waals surface area contributed by atoms with Crippen LogP contribution in [0.3, 0.4) is 0 Å². The number of H-pyrrole nitrogens is 1. The van der Waals surface area contributed by atoms with E-state index in [-0.39, 0.29) is 12.6 Å². The van der Waals surface area contributed by atoms with Gasteiger partial charge < -0.3 is 10.3 Å². The van der Waals surface area contributed by atoms with E-state index in [9.17, 15) is 22.0 Å². The quantitative estimate of drug-likeness (QED) is 0.834. The van der Waals surface area contributed by atoms with E-state index in [1.165, 1.54) is 22.5 Å². The molecule has 1 aromatic carbocycles. The molecule has 10 heteroatoms. The molecule has 1 atom stereocenters. The summed E-state index contributed by atoms with van der Waals surface area (Å²) in [5.41, 5.74) is 0.994. The average Bonchev–Trinajstić information content (AvgIpc) is 3.17. The monoisotopic (exact) mass is 372 g/mol. The Hall–Kier alpha value is -2.07. The minimum Gasteiger partial charge on any atom is -0.350 e. The van der Waals surface area contributed by atoms with Crippen LogP contribution in [-0.2, 0) is 10.0 Å². The van der Waals surface area contributed by atoms with Crippen LogP contribution < -0.4 is 5.32 Å². The van der Waals surface area contributed by atoms with Gasteiger partial charge in [0.15, 0.2) is 5.82 Å². The van der Waals surface area contributed by atoms with Crippen molar-refractivity contribution in [3.05, 3.63) is 29.6 Å². The first-order valence-electron chi connectivity index (χ1n) is 7.78. The van der Waals surface area contributed by atoms with Crippen LogP contribution in [0.4, 0.5) is 8.78 Å². The molecule has 1 aromatic heterocycles. The number of carbonyl (C=O) groups excluding carboxylic acids is 1. The van der Waals surface area contributed by atoms with Gasteiger partial charge in [-0.25, -0.2) is 22.2 Å². The van der Waals surface area contributed by atoms with Gasteiger partial charge in [0.1, 0.15) is 0 Å². The number of fused-ring (bicyclic) bond motifs is 1. The molecular weight excluding hydrogens is 354 g/mol. The molecule has 1 aliphatic heterocycles. The van der Waals surface area contributed by atoms with Crippen molar-refractivity contribution in [2.45, 2.75) is 25.3 Å². The van der Waals surface area contributed by atoms with Crippen molar-refractivity contribution in [2.75, 3.05) is 19.3 Å². The lowest BCUT2D eigenvalue weighted by Gasteiger charge is -2.22. The summed E-state index contributed by atoms with van der Waals surface area (Å²) in [5, 5.41) is 2.71. The first-order valence-corrected chi connectivity index (χ1v) is 9.63. The van der Waals surface area contributed by atoms with Crippen molar-refractivity contribution in [3.63, 3.8) is 0 Å². The van der Waals surface area contributed by atoms with Gasteiger partial charge in [0.25, 0.3) is 12.3 Å². The third-order valence-corrected chi connectivity index (χ3v) is 5.55. The molecule has 25 heavy (non-hydrogen) atoms. The van der Waals surface area contributed by atoms with Crippen LogP contribution in [-0.4, -0.2) is 54.0 Å². The molecule has 2 N–H and O–H groups in total. The van der Waals surface area contributed by atoms with Gasteiger partial charge in [0, 0.05) is 24.7 Å². The van der Waals surface area contributed by atoms with E-state index in [0.29, 0.717) is 29.6 Å². The lowest BCUT2D eigenvalue weighted by Crippen LogP contribution is -2.42. The van der Waals surface area contributed by atoms with E-state index in [1.807, 2.05) is 0 Å². The zero-order chi connectivity index (χ0) is 18.2. The Balaban J connectivity index is 1.70. The average molecular weight is 372 g/mol. The molecule has 0 saturated carbocycles. The molecule has 0 bridgehead atoms. The SMILES string of the molecule is CS(=O)(=O)N1CCC[C@@H]1CNC(=O)c1ccc2nc(C(F)F)[nH]c2c1. The number of sulfonamides is 1. The number of hydrogen-bond acceptors (Lipinski definition) is 4. The largest absolute Gasteiger partial charge is 0.350 e. The topological polar surface area (TPSA) is 95.2 Å². The summed E-state index contributed by atoms with van der Waals surface area (Å²) in [6.07, 6.45) is -0.122. The molecule has 3 rings (SSSR count). The highest BCUT2D eigenvalue weighted by molar-refractivity contribution is 7.88. The third kappa shape index (κ3) is 3.79. The lowest BCUT2D eigenvalue weighted by atomic mass is 10.1. The molecular formula is C15H18F2N4O3S. The van der Waals surface area contributed by atoms with Crippen LogP contribution in [0.15, 0.2) is 18.2 Å². The van der Waals surface area contributed by atoms with Crippen molar-refractivity contribution in [1.82, 2.24) is 19.6 Å². The molecule has 0 spiro atoms. The van der Waals surface area contributed by atoms with Crippen LogP contribution >= 0.6 is 0 Å². The summed E-state index contributed by atoms with van der Waals surface area (Å²) in [6, 6.07) is 4.18. The molecule has 1 aliphatic rings. The van der Waals surface area contributed by atoms with Gasteiger partial charge >= 0.3 is 0 Å². The maximum atomic E-state index is 12.7. The van der Waals surface area contributed by atoms with Crippen molar-refractivity contribution in [1.29, 1.82) is 0 Å². The van der Waals surface area contributed by atoms with Gasteiger partial charge in [-0.1, -0.05) is 0 Å². The van der Waals surface area contributed by atoms with Crippen molar-refractivity contribution in [2.24, 2.45) is 0 Å². The summed E-state index contributed by atoms with van der Waals surface area (Å²) in [6.45, 7) is 0.658. The van der Waals surface area contributed by atoms with Crippen LogP contribution in [0.1, 0.15) is 35.4 Å². The lowest BCUT2D eigenvalue weighted by molar-refractivity contribution is 0.0946. The summed E-state index contributed by atoms with van der Waals surface area (Å²) in [7, 11) is -3.30. The van der Waals surface area contributed by atoms with E-state index >= 15 is 0 Å².